The largest absolute Gasteiger partial charge is 0.511 e. The summed E-state index contributed by atoms with van der Waals surface area (Å²) in [5.74, 6) is -0.0290. The van der Waals surface area contributed by atoms with Crippen molar-refractivity contribution in [3.63, 3.8) is 0 Å². The molecule has 0 bridgehead atoms. The number of rotatable bonds is 4. The molecule has 86 valence electrons. The van der Waals surface area contributed by atoms with Gasteiger partial charge in [0, 0.05) is 6.42 Å². The van der Waals surface area contributed by atoms with Gasteiger partial charge in [-0.1, -0.05) is 0 Å². The quantitative estimate of drug-likeness (QED) is 0.677. The lowest BCUT2D eigenvalue weighted by Crippen LogP contribution is -2.46. The number of alkyl halides is 3. The molecule has 0 rings (SSSR count). The fourth-order valence-corrected chi connectivity index (χ4v) is 1.24. The molecule has 0 aliphatic carbocycles. The number of carboxylic acids is 1. The maximum atomic E-state index is 11.8. The zero-order valence-corrected chi connectivity index (χ0v) is 7.89. The molecule has 0 aromatic rings. The third-order valence-electron chi connectivity index (χ3n) is 1.22. The molecule has 15 heavy (non-hydrogen) atoms. The molecule has 9 heteroatoms. The van der Waals surface area contributed by atoms with E-state index in [4.69, 9.17) is 5.11 Å². The van der Waals surface area contributed by atoms with Gasteiger partial charge in [0.2, 0.25) is 0 Å². The molecule has 0 saturated carbocycles. The summed E-state index contributed by atoms with van der Waals surface area (Å²) in [7, 11) is -5.69. The Balaban J connectivity index is 4.86. The number of hydrogen-bond acceptors (Lipinski definition) is 3. The predicted octanol–water partition coefficient (Wildman–Crippen LogP) is -0.0979. The lowest BCUT2D eigenvalue weighted by atomic mass is 10.2. The second-order valence-corrected chi connectivity index (χ2v) is 4.07. The number of carboxylic acid groups (broad SMARTS) is 1. The molecule has 0 aromatic carbocycles. The van der Waals surface area contributed by atoms with Crippen molar-refractivity contribution in [3.8, 4) is 12.3 Å². The number of nitrogens with one attached hydrogen (secondary N) is 1. The molecule has 0 spiro atoms. The summed E-state index contributed by atoms with van der Waals surface area (Å²) in [5.41, 5.74) is -5.56. The topological polar surface area (TPSA) is 83.5 Å². The second-order valence-electron chi connectivity index (χ2n) is 2.37. The Morgan fingerprint density at radius 1 is 1.53 bits per heavy atom. The van der Waals surface area contributed by atoms with Crippen LogP contribution in [0.2, 0.25) is 0 Å². The van der Waals surface area contributed by atoms with Crippen LogP contribution in [0.4, 0.5) is 13.2 Å². The van der Waals surface area contributed by atoms with Crippen LogP contribution in [0.3, 0.4) is 0 Å². The lowest BCUT2D eigenvalue weighted by molar-refractivity contribution is -0.138. The van der Waals surface area contributed by atoms with E-state index in [1.165, 1.54) is 0 Å². The van der Waals surface area contributed by atoms with Crippen molar-refractivity contribution in [1.82, 2.24) is 4.72 Å². The predicted molar refractivity (Wildman–Crippen MR) is 43.0 cm³/mol. The van der Waals surface area contributed by atoms with E-state index >= 15 is 0 Å². The van der Waals surface area contributed by atoms with Crippen molar-refractivity contribution in [3.05, 3.63) is 0 Å². The van der Waals surface area contributed by atoms with Crippen molar-refractivity contribution in [2.24, 2.45) is 0 Å². The molecule has 0 heterocycles. The Morgan fingerprint density at radius 3 is 2.27 bits per heavy atom. The molecule has 1 unspecified atom stereocenters. The molecule has 0 aliphatic rings. The molecular weight excluding hydrogens is 239 g/mol. The van der Waals surface area contributed by atoms with Crippen molar-refractivity contribution < 1.29 is 31.5 Å². The van der Waals surface area contributed by atoms with Crippen LogP contribution in [-0.2, 0) is 14.8 Å². The molecule has 0 radical (unpaired) electrons. The van der Waals surface area contributed by atoms with Gasteiger partial charge in [-0.3, -0.25) is 4.79 Å². The molecular formula is C6H6F3NO4S. The first kappa shape index (κ1) is 13.7. The number of sulfonamides is 1. The van der Waals surface area contributed by atoms with Gasteiger partial charge in [0.15, 0.2) is 0 Å². The SMILES string of the molecule is C#CCC(NS(=O)(=O)C(F)(F)F)C(=O)O. The molecule has 5 nitrogen and oxygen atoms in total. The number of terminal acetylenes is 1. The first-order valence-electron chi connectivity index (χ1n) is 3.36. The molecule has 0 aliphatic heterocycles. The maximum Gasteiger partial charge on any atom is 0.511 e. The minimum Gasteiger partial charge on any atom is -0.480 e. The summed E-state index contributed by atoms with van der Waals surface area (Å²) in [6.07, 6.45) is 3.99. The molecule has 1 atom stereocenters. The highest BCUT2D eigenvalue weighted by Crippen LogP contribution is 2.22. The minimum atomic E-state index is -5.69. The molecule has 0 amide bonds. The van der Waals surface area contributed by atoms with E-state index in [0.717, 1.165) is 4.72 Å². The third-order valence-corrected chi connectivity index (χ3v) is 2.43. The number of halogens is 3. The Kier molecular flexibility index (Phi) is 4.12. The van der Waals surface area contributed by atoms with E-state index in [2.05, 4.69) is 6.42 Å². The highest BCUT2D eigenvalue weighted by atomic mass is 32.2. The average Bonchev–Trinajstić information content (AvgIpc) is 2.00. The standard InChI is InChI=1S/C6H6F3NO4S/c1-2-3-4(5(11)12)10-15(13,14)6(7,8)9/h1,4,10H,3H2,(H,11,12). The zero-order chi connectivity index (χ0) is 12.3. The van der Waals surface area contributed by atoms with Crippen LogP contribution in [0.25, 0.3) is 0 Å². The van der Waals surface area contributed by atoms with E-state index in [1.807, 2.05) is 0 Å². The fourth-order valence-electron chi connectivity index (χ4n) is 0.551. The van der Waals surface area contributed by atoms with Gasteiger partial charge in [0.1, 0.15) is 6.04 Å². The Labute approximate surface area is 83.3 Å². The number of carbonyl (C=O) groups is 1. The van der Waals surface area contributed by atoms with Gasteiger partial charge in [-0.25, -0.2) is 8.42 Å². The van der Waals surface area contributed by atoms with Crippen LogP contribution < -0.4 is 4.72 Å². The summed E-state index contributed by atoms with van der Waals surface area (Å²) in [4.78, 5) is 10.3. The van der Waals surface area contributed by atoms with Gasteiger partial charge in [-0.2, -0.15) is 17.9 Å². The molecule has 0 saturated heterocycles. The van der Waals surface area contributed by atoms with E-state index in [0.29, 0.717) is 0 Å². The van der Waals surface area contributed by atoms with Gasteiger partial charge < -0.3 is 5.11 Å². The molecule has 0 fully saturated rings. The minimum absolute atomic E-state index is 0.676. The Bertz CT molecular complexity index is 380. The van der Waals surface area contributed by atoms with E-state index in [9.17, 15) is 26.4 Å². The highest BCUT2D eigenvalue weighted by molar-refractivity contribution is 7.90. The zero-order valence-electron chi connectivity index (χ0n) is 7.08. The summed E-state index contributed by atoms with van der Waals surface area (Å²) < 4.78 is 57.3. The highest BCUT2D eigenvalue weighted by Gasteiger charge is 2.47. The first-order chi connectivity index (χ1) is 6.62. The summed E-state index contributed by atoms with van der Waals surface area (Å²) in [6.45, 7) is 0. The van der Waals surface area contributed by atoms with Crippen molar-refractivity contribution in [1.29, 1.82) is 0 Å². The van der Waals surface area contributed by atoms with Crippen molar-refractivity contribution in [2.75, 3.05) is 0 Å². The van der Waals surface area contributed by atoms with Gasteiger partial charge >= 0.3 is 21.5 Å². The first-order valence-corrected chi connectivity index (χ1v) is 4.85. The van der Waals surface area contributed by atoms with Crippen LogP contribution in [-0.4, -0.2) is 31.0 Å². The van der Waals surface area contributed by atoms with E-state index < -0.39 is 34.0 Å². The molecule has 2 N–H and O–H groups in total. The van der Waals surface area contributed by atoms with Crippen LogP contribution in [0.1, 0.15) is 6.42 Å². The summed E-state index contributed by atoms with van der Waals surface area (Å²) in [5, 5.41) is 8.34. The Hall–Kier alpha value is -1.27. The van der Waals surface area contributed by atoms with Crippen molar-refractivity contribution >= 4 is 16.0 Å². The second kappa shape index (κ2) is 4.50. The van der Waals surface area contributed by atoms with Crippen LogP contribution in [0.5, 0.6) is 0 Å². The van der Waals surface area contributed by atoms with E-state index in [-0.39, 0.29) is 0 Å². The van der Waals surface area contributed by atoms with Crippen molar-refractivity contribution in [2.45, 2.75) is 18.0 Å². The fraction of sp³-hybridized carbons (Fsp3) is 0.500. The maximum absolute atomic E-state index is 11.8. The van der Waals surface area contributed by atoms with E-state index in [1.54, 1.807) is 5.92 Å². The molecule has 0 aromatic heterocycles. The summed E-state index contributed by atoms with van der Waals surface area (Å²) >= 11 is 0. The van der Waals surface area contributed by atoms with Gasteiger partial charge in [0.25, 0.3) is 0 Å². The number of aliphatic carboxylic acids is 1. The lowest BCUT2D eigenvalue weighted by Gasteiger charge is -2.13. The smallest absolute Gasteiger partial charge is 0.480 e. The third kappa shape index (κ3) is 3.77. The van der Waals surface area contributed by atoms with Gasteiger partial charge in [-0.05, 0) is 0 Å². The van der Waals surface area contributed by atoms with Crippen LogP contribution in [0.15, 0.2) is 0 Å². The number of hydrogen-bond donors (Lipinski definition) is 2. The summed E-state index contributed by atoms with van der Waals surface area (Å²) in [6, 6.07) is -1.98. The normalized spacial score (nSPS) is 14.3. The van der Waals surface area contributed by atoms with Crippen LogP contribution >= 0.6 is 0 Å². The monoisotopic (exact) mass is 245 g/mol. The average molecular weight is 245 g/mol. The van der Waals surface area contributed by atoms with Gasteiger partial charge in [0.05, 0.1) is 0 Å². The van der Waals surface area contributed by atoms with Crippen LogP contribution in [0, 0.1) is 12.3 Å². The van der Waals surface area contributed by atoms with Gasteiger partial charge in [-0.15, -0.1) is 12.3 Å². The Morgan fingerprint density at radius 2 is 2.00 bits per heavy atom.